The van der Waals surface area contributed by atoms with Crippen molar-refractivity contribution in [3.63, 3.8) is 0 Å². The van der Waals surface area contributed by atoms with E-state index >= 15 is 0 Å². The summed E-state index contributed by atoms with van der Waals surface area (Å²) < 4.78 is 0. The minimum absolute atomic E-state index is 0.0639. The van der Waals surface area contributed by atoms with Crippen molar-refractivity contribution in [1.29, 1.82) is 0 Å². The number of benzene rings is 2. The van der Waals surface area contributed by atoms with E-state index in [1.54, 1.807) is 12.1 Å². The molecule has 0 bridgehead atoms. The highest BCUT2D eigenvalue weighted by Crippen LogP contribution is 2.18. The van der Waals surface area contributed by atoms with Crippen LogP contribution in [-0.4, -0.2) is 22.5 Å². The summed E-state index contributed by atoms with van der Waals surface area (Å²) in [6, 6.07) is 15.2. The second-order valence-electron chi connectivity index (χ2n) is 5.63. The lowest BCUT2D eigenvalue weighted by molar-refractivity contribution is -0.121. The molecule has 0 atom stereocenters. The molecule has 3 aromatic rings. The Morgan fingerprint density at radius 3 is 2.65 bits per heavy atom. The maximum absolute atomic E-state index is 12.0. The molecule has 23 heavy (non-hydrogen) atoms. The molecule has 3 rings (SSSR count). The number of aryl methyl sites for hydroxylation is 1. The second kappa shape index (κ2) is 7.01. The van der Waals surface area contributed by atoms with E-state index in [-0.39, 0.29) is 11.7 Å². The van der Waals surface area contributed by atoms with Crippen LogP contribution in [0.25, 0.3) is 10.9 Å². The van der Waals surface area contributed by atoms with Gasteiger partial charge in [-0.3, -0.25) is 4.79 Å². The fourth-order valence-electron chi connectivity index (χ4n) is 2.68. The number of aromatic hydroxyl groups is 1. The maximum Gasteiger partial charge on any atom is 0.220 e. The summed E-state index contributed by atoms with van der Waals surface area (Å²) >= 11 is 0. The highest BCUT2D eigenvalue weighted by atomic mass is 16.3. The van der Waals surface area contributed by atoms with E-state index in [1.165, 1.54) is 10.9 Å². The van der Waals surface area contributed by atoms with E-state index < -0.39 is 0 Å². The monoisotopic (exact) mass is 308 g/mol. The molecule has 1 heterocycles. The fraction of sp³-hybridized carbons (Fsp3) is 0.211. The number of H-pyrrole nitrogens is 1. The topological polar surface area (TPSA) is 65.1 Å². The van der Waals surface area contributed by atoms with Crippen LogP contribution >= 0.6 is 0 Å². The van der Waals surface area contributed by atoms with Gasteiger partial charge in [0.05, 0.1) is 0 Å². The summed E-state index contributed by atoms with van der Waals surface area (Å²) in [5.74, 6) is 0.325. The van der Waals surface area contributed by atoms with Crippen LogP contribution in [0.2, 0.25) is 0 Å². The van der Waals surface area contributed by atoms with Crippen molar-refractivity contribution in [2.24, 2.45) is 0 Å². The average molecular weight is 308 g/mol. The van der Waals surface area contributed by atoms with E-state index in [2.05, 4.69) is 16.4 Å². The van der Waals surface area contributed by atoms with Gasteiger partial charge in [-0.1, -0.05) is 30.3 Å². The van der Waals surface area contributed by atoms with Gasteiger partial charge >= 0.3 is 0 Å². The summed E-state index contributed by atoms with van der Waals surface area (Å²) in [6.45, 7) is 0.609. The molecule has 0 aliphatic rings. The van der Waals surface area contributed by atoms with Crippen LogP contribution in [-0.2, 0) is 17.6 Å². The number of phenols is 1. The van der Waals surface area contributed by atoms with Gasteiger partial charge in [-0.05, 0) is 42.2 Å². The van der Waals surface area contributed by atoms with Gasteiger partial charge < -0.3 is 15.4 Å². The zero-order valence-electron chi connectivity index (χ0n) is 12.9. The van der Waals surface area contributed by atoms with Crippen molar-refractivity contribution in [3.05, 3.63) is 65.9 Å². The number of hydrogen-bond donors (Lipinski definition) is 3. The van der Waals surface area contributed by atoms with Crippen molar-refractivity contribution in [2.45, 2.75) is 19.3 Å². The maximum atomic E-state index is 12.0. The largest absolute Gasteiger partial charge is 0.508 e. The molecular weight excluding hydrogens is 288 g/mol. The molecule has 0 saturated heterocycles. The number of rotatable bonds is 6. The number of phenolic OH excluding ortho intramolecular Hbond substituents is 1. The smallest absolute Gasteiger partial charge is 0.220 e. The Morgan fingerprint density at radius 1 is 1.04 bits per heavy atom. The Labute approximate surface area is 135 Å². The Hall–Kier alpha value is -2.75. The summed E-state index contributed by atoms with van der Waals surface area (Å²) in [5, 5.41) is 13.4. The predicted molar refractivity (Wildman–Crippen MR) is 91.4 cm³/mol. The Morgan fingerprint density at radius 2 is 1.83 bits per heavy atom. The first-order valence-corrected chi connectivity index (χ1v) is 7.82. The predicted octanol–water partition coefficient (Wildman–Crippen LogP) is 3.17. The van der Waals surface area contributed by atoms with Gasteiger partial charge in [0.1, 0.15) is 5.75 Å². The second-order valence-corrected chi connectivity index (χ2v) is 5.63. The van der Waals surface area contributed by atoms with Gasteiger partial charge in [-0.2, -0.15) is 0 Å². The third-order valence-corrected chi connectivity index (χ3v) is 3.97. The van der Waals surface area contributed by atoms with Crippen molar-refractivity contribution >= 4 is 16.8 Å². The molecule has 0 aliphatic heterocycles. The van der Waals surface area contributed by atoms with Crippen LogP contribution < -0.4 is 5.32 Å². The van der Waals surface area contributed by atoms with Crippen LogP contribution in [0.3, 0.4) is 0 Å². The molecule has 0 spiro atoms. The third-order valence-electron chi connectivity index (χ3n) is 3.97. The zero-order valence-corrected chi connectivity index (χ0v) is 12.9. The van der Waals surface area contributed by atoms with Crippen LogP contribution in [0, 0.1) is 0 Å². The first-order chi connectivity index (χ1) is 11.2. The van der Waals surface area contributed by atoms with Crippen LogP contribution in [0.15, 0.2) is 54.7 Å². The number of hydrogen-bond acceptors (Lipinski definition) is 2. The highest BCUT2D eigenvalue weighted by Gasteiger charge is 2.06. The minimum atomic E-state index is 0.0639. The van der Waals surface area contributed by atoms with Gasteiger partial charge in [0.2, 0.25) is 5.91 Å². The lowest BCUT2D eigenvalue weighted by atomic mass is 10.1. The van der Waals surface area contributed by atoms with Gasteiger partial charge in [-0.15, -0.1) is 0 Å². The Kier molecular flexibility index (Phi) is 4.62. The molecule has 4 heteroatoms. The minimum Gasteiger partial charge on any atom is -0.508 e. The number of aromatic amines is 1. The van der Waals surface area contributed by atoms with E-state index in [1.807, 2.05) is 36.5 Å². The summed E-state index contributed by atoms with van der Waals surface area (Å²) in [4.78, 5) is 15.2. The fourth-order valence-corrected chi connectivity index (χ4v) is 2.68. The Balaban J connectivity index is 1.45. The van der Waals surface area contributed by atoms with E-state index in [9.17, 15) is 9.90 Å². The van der Waals surface area contributed by atoms with Crippen LogP contribution in [0.5, 0.6) is 5.75 Å². The molecule has 0 saturated carbocycles. The molecule has 0 aliphatic carbocycles. The van der Waals surface area contributed by atoms with Crippen LogP contribution in [0.4, 0.5) is 0 Å². The number of fused-ring (bicyclic) bond motifs is 1. The Bertz CT molecular complexity index is 790. The first-order valence-electron chi connectivity index (χ1n) is 7.82. The van der Waals surface area contributed by atoms with Crippen molar-refractivity contribution in [2.75, 3.05) is 6.54 Å². The summed E-state index contributed by atoms with van der Waals surface area (Å²) in [7, 11) is 0. The summed E-state index contributed by atoms with van der Waals surface area (Å²) in [6.07, 6.45) is 3.96. The lowest BCUT2D eigenvalue weighted by Gasteiger charge is -2.05. The first kappa shape index (κ1) is 15.2. The van der Waals surface area contributed by atoms with E-state index in [4.69, 9.17) is 0 Å². The number of para-hydroxylation sites is 1. The number of carbonyl (C=O) groups excluding carboxylic acids is 1. The molecule has 0 radical (unpaired) electrons. The zero-order chi connectivity index (χ0) is 16.1. The van der Waals surface area contributed by atoms with Gasteiger partial charge in [0.25, 0.3) is 0 Å². The van der Waals surface area contributed by atoms with Crippen LogP contribution in [0.1, 0.15) is 17.5 Å². The van der Waals surface area contributed by atoms with Crippen molar-refractivity contribution in [1.82, 2.24) is 10.3 Å². The molecule has 1 amide bonds. The van der Waals surface area contributed by atoms with Gasteiger partial charge in [0, 0.05) is 30.1 Å². The summed E-state index contributed by atoms with van der Waals surface area (Å²) in [5.41, 5.74) is 3.38. The molecule has 3 N–H and O–H groups in total. The van der Waals surface area contributed by atoms with Gasteiger partial charge in [0.15, 0.2) is 0 Å². The molecule has 2 aromatic carbocycles. The molecule has 1 aromatic heterocycles. The highest BCUT2D eigenvalue weighted by molar-refractivity contribution is 5.84. The number of nitrogens with one attached hydrogen (secondary N) is 2. The average Bonchev–Trinajstić information content (AvgIpc) is 2.98. The number of aromatic nitrogens is 1. The molecule has 0 unspecified atom stereocenters. The van der Waals surface area contributed by atoms with Gasteiger partial charge in [-0.25, -0.2) is 0 Å². The number of carbonyl (C=O) groups is 1. The van der Waals surface area contributed by atoms with Crippen molar-refractivity contribution < 1.29 is 9.90 Å². The quantitative estimate of drug-likeness (QED) is 0.655. The molecule has 0 fully saturated rings. The lowest BCUT2D eigenvalue weighted by Crippen LogP contribution is -2.25. The van der Waals surface area contributed by atoms with E-state index in [0.717, 1.165) is 23.9 Å². The SMILES string of the molecule is O=C(CCc1c[nH]c2ccccc12)NCCc1ccc(O)cc1. The molecule has 118 valence electrons. The van der Waals surface area contributed by atoms with E-state index in [0.29, 0.717) is 13.0 Å². The molecular formula is C19H20N2O2. The third kappa shape index (κ3) is 3.92. The van der Waals surface area contributed by atoms with Crippen molar-refractivity contribution in [3.8, 4) is 5.75 Å². The standard InChI is InChI=1S/C19H20N2O2/c22-16-8-5-14(6-9-16)11-12-20-19(23)10-7-15-13-21-18-4-2-1-3-17(15)18/h1-6,8-9,13,21-22H,7,10-12H2,(H,20,23). The normalized spacial score (nSPS) is 10.8. The number of amides is 1. The molecule has 4 nitrogen and oxygen atoms in total.